The van der Waals surface area contributed by atoms with Gasteiger partial charge >= 0.3 is 0 Å². The second-order valence-corrected chi connectivity index (χ2v) is 6.44. The summed E-state index contributed by atoms with van der Waals surface area (Å²) in [5, 5.41) is 13.4. The number of halogens is 1. The predicted octanol–water partition coefficient (Wildman–Crippen LogP) is 2.88. The molecule has 0 saturated carbocycles. The van der Waals surface area contributed by atoms with E-state index in [1.807, 2.05) is 4.90 Å². The Morgan fingerprint density at radius 2 is 1.74 bits per heavy atom. The highest BCUT2D eigenvalue weighted by Gasteiger charge is 2.26. The number of non-ortho nitro benzene ring substituents is 1. The van der Waals surface area contributed by atoms with Crippen LogP contribution in [0.1, 0.15) is 6.92 Å². The summed E-state index contributed by atoms with van der Waals surface area (Å²) in [5.74, 6) is -0.704. The smallest absolute Gasteiger partial charge is 0.269 e. The summed E-state index contributed by atoms with van der Waals surface area (Å²) in [6.45, 7) is 4.55. The molecule has 3 rings (SSSR count). The van der Waals surface area contributed by atoms with E-state index >= 15 is 0 Å². The minimum absolute atomic E-state index is 0.0656. The number of hydrogen-bond acceptors (Lipinski definition) is 5. The van der Waals surface area contributed by atoms with Crippen LogP contribution in [0.4, 0.5) is 21.5 Å². The fraction of sp³-hybridized carbons (Fsp3) is 0.316. The number of hydrogen-bond donors (Lipinski definition) is 1. The molecule has 1 N–H and O–H groups in total. The van der Waals surface area contributed by atoms with Crippen molar-refractivity contribution in [3.63, 3.8) is 0 Å². The highest BCUT2D eigenvalue weighted by Crippen LogP contribution is 2.21. The Kier molecular flexibility index (Phi) is 5.66. The summed E-state index contributed by atoms with van der Waals surface area (Å²) in [5.41, 5.74) is 1.17. The van der Waals surface area contributed by atoms with Gasteiger partial charge in [-0.25, -0.2) is 4.39 Å². The zero-order chi connectivity index (χ0) is 19.4. The minimum Gasteiger partial charge on any atom is -0.369 e. The number of nitrogens with one attached hydrogen (secondary N) is 1. The number of piperazine rings is 1. The molecule has 7 nitrogen and oxygen atoms in total. The maximum Gasteiger partial charge on any atom is 0.269 e. The van der Waals surface area contributed by atoms with E-state index in [1.54, 1.807) is 31.2 Å². The van der Waals surface area contributed by atoms with E-state index in [4.69, 9.17) is 0 Å². The van der Waals surface area contributed by atoms with E-state index in [1.165, 1.54) is 24.3 Å². The molecule has 2 aromatic carbocycles. The maximum absolute atomic E-state index is 13.7. The number of carbonyl (C=O) groups is 1. The van der Waals surface area contributed by atoms with Crippen molar-refractivity contribution in [2.75, 3.05) is 36.4 Å². The molecular weight excluding hydrogens is 351 g/mol. The number of para-hydroxylation sites is 1. The fourth-order valence-corrected chi connectivity index (χ4v) is 3.12. The summed E-state index contributed by atoms with van der Waals surface area (Å²) in [7, 11) is 0. The third kappa shape index (κ3) is 4.40. The van der Waals surface area contributed by atoms with Gasteiger partial charge in [-0.05, 0) is 31.2 Å². The van der Waals surface area contributed by atoms with Gasteiger partial charge in [0.1, 0.15) is 5.82 Å². The van der Waals surface area contributed by atoms with E-state index < -0.39 is 10.7 Å². The van der Waals surface area contributed by atoms with Crippen molar-refractivity contribution in [2.24, 2.45) is 0 Å². The highest BCUT2D eigenvalue weighted by molar-refractivity contribution is 5.94. The number of benzene rings is 2. The number of rotatable bonds is 5. The number of anilines is 2. The zero-order valence-corrected chi connectivity index (χ0v) is 15.0. The van der Waals surface area contributed by atoms with Gasteiger partial charge in [-0.1, -0.05) is 12.1 Å². The van der Waals surface area contributed by atoms with Crippen LogP contribution in [0.15, 0.2) is 48.5 Å². The van der Waals surface area contributed by atoms with Crippen LogP contribution < -0.4 is 10.2 Å². The van der Waals surface area contributed by atoms with Gasteiger partial charge in [0.2, 0.25) is 5.91 Å². The van der Waals surface area contributed by atoms with Gasteiger partial charge in [0.15, 0.2) is 0 Å². The predicted molar refractivity (Wildman–Crippen MR) is 101 cm³/mol. The van der Waals surface area contributed by atoms with Crippen molar-refractivity contribution in [1.82, 2.24) is 4.90 Å². The summed E-state index contributed by atoms with van der Waals surface area (Å²) in [6, 6.07) is 12.2. The molecule has 1 aliphatic rings. The van der Waals surface area contributed by atoms with Gasteiger partial charge in [0, 0.05) is 44.0 Å². The van der Waals surface area contributed by atoms with E-state index in [-0.39, 0.29) is 23.3 Å². The van der Waals surface area contributed by atoms with Crippen LogP contribution in [0.25, 0.3) is 0 Å². The Hall–Kier alpha value is -3.00. The quantitative estimate of drug-likeness (QED) is 0.645. The van der Waals surface area contributed by atoms with Crippen LogP contribution in [0, 0.1) is 15.9 Å². The number of nitro groups is 1. The molecule has 142 valence electrons. The van der Waals surface area contributed by atoms with Crippen molar-refractivity contribution in [3.8, 4) is 0 Å². The molecule has 0 unspecified atom stereocenters. The fourth-order valence-electron chi connectivity index (χ4n) is 3.12. The molecular formula is C19H21FN4O3. The lowest BCUT2D eigenvalue weighted by atomic mass is 10.2. The van der Waals surface area contributed by atoms with Gasteiger partial charge in [0.05, 0.1) is 16.7 Å². The minimum atomic E-state index is -0.457. The van der Waals surface area contributed by atoms with Gasteiger partial charge in [-0.2, -0.15) is 0 Å². The maximum atomic E-state index is 13.7. The lowest BCUT2D eigenvalue weighted by molar-refractivity contribution is -0.384. The summed E-state index contributed by atoms with van der Waals surface area (Å²) < 4.78 is 13.7. The van der Waals surface area contributed by atoms with Gasteiger partial charge in [-0.15, -0.1) is 0 Å². The Morgan fingerprint density at radius 1 is 1.11 bits per heavy atom. The van der Waals surface area contributed by atoms with Crippen molar-refractivity contribution >= 4 is 23.0 Å². The number of amides is 1. The van der Waals surface area contributed by atoms with E-state index in [2.05, 4.69) is 10.2 Å². The van der Waals surface area contributed by atoms with Crippen molar-refractivity contribution in [3.05, 3.63) is 64.5 Å². The van der Waals surface area contributed by atoms with Crippen molar-refractivity contribution < 1.29 is 14.1 Å². The van der Waals surface area contributed by atoms with Crippen LogP contribution >= 0.6 is 0 Å². The van der Waals surface area contributed by atoms with Gasteiger partial charge < -0.3 is 10.2 Å². The third-order valence-electron chi connectivity index (χ3n) is 4.80. The largest absolute Gasteiger partial charge is 0.369 e. The molecule has 1 saturated heterocycles. The molecule has 0 aliphatic carbocycles. The van der Waals surface area contributed by atoms with Crippen LogP contribution in [0.5, 0.6) is 0 Å². The normalized spacial score (nSPS) is 16.0. The number of nitrogens with zero attached hydrogens (tertiary/aromatic N) is 3. The van der Waals surface area contributed by atoms with Gasteiger partial charge in [0.25, 0.3) is 5.69 Å². The first-order valence-corrected chi connectivity index (χ1v) is 8.74. The monoisotopic (exact) mass is 372 g/mol. The Balaban J connectivity index is 1.55. The summed E-state index contributed by atoms with van der Waals surface area (Å²) in [6.07, 6.45) is 0. The molecule has 0 radical (unpaired) electrons. The molecule has 0 spiro atoms. The second-order valence-electron chi connectivity index (χ2n) is 6.44. The van der Waals surface area contributed by atoms with Crippen LogP contribution in [-0.2, 0) is 4.79 Å². The van der Waals surface area contributed by atoms with Gasteiger partial charge in [-0.3, -0.25) is 19.8 Å². The molecule has 27 heavy (non-hydrogen) atoms. The molecule has 1 heterocycles. The molecule has 1 aliphatic heterocycles. The zero-order valence-electron chi connectivity index (χ0n) is 15.0. The molecule has 0 aromatic heterocycles. The molecule has 8 heteroatoms. The second kappa shape index (κ2) is 8.13. The average molecular weight is 372 g/mol. The molecule has 2 aromatic rings. The SMILES string of the molecule is C[C@@H](C(=O)Nc1ccccc1F)N1CCN(c2ccc([N+](=O)[O-])cc2)CC1. The summed E-state index contributed by atoms with van der Waals surface area (Å²) >= 11 is 0. The third-order valence-corrected chi connectivity index (χ3v) is 4.80. The number of nitro benzene ring substituents is 1. The number of carbonyl (C=O) groups excluding carboxylic acids is 1. The van der Waals surface area contributed by atoms with Crippen molar-refractivity contribution in [2.45, 2.75) is 13.0 Å². The molecule has 1 fully saturated rings. The van der Waals surface area contributed by atoms with E-state index in [9.17, 15) is 19.3 Å². The Labute approximate surface area is 156 Å². The first-order chi connectivity index (χ1) is 13.0. The lowest BCUT2D eigenvalue weighted by Crippen LogP contribution is -2.52. The first kappa shape index (κ1) is 18.8. The summed E-state index contributed by atoms with van der Waals surface area (Å²) in [4.78, 5) is 26.9. The van der Waals surface area contributed by atoms with E-state index in [0.29, 0.717) is 26.2 Å². The van der Waals surface area contributed by atoms with Crippen LogP contribution in [0.2, 0.25) is 0 Å². The van der Waals surface area contributed by atoms with Crippen molar-refractivity contribution in [1.29, 1.82) is 0 Å². The average Bonchev–Trinajstić information content (AvgIpc) is 2.69. The van der Waals surface area contributed by atoms with Crippen LogP contribution in [-0.4, -0.2) is 48.0 Å². The van der Waals surface area contributed by atoms with Crippen LogP contribution in [0.3, 0.4) is 0 Å². The Morgan fingerprint density at radius 3 is 2.33 bits per heavy atom. The molecule has 1 amide bonds. The standard InChI is InChI=1S/C19H21FN4O3/c1-14(19(25)21-18-5-3-2-4-17(18)20)22-10-12-23(13-11-22)15-6-8-16(9-7-15)24(26)27/h2-9,14H,10-13H2,1H3,(H,21,25)/t14-/m0/s1. The topological polar surface area (TPSA) is 78.7 Å². The Bertz CT molecular complexity index is 820. The molecule has 1 atom stereocenters. The molecule has 0 bridgehead atoms. The van der Waals surface area contributed by atoms with E-state index in [0.717, 1.165) is 5.69 Å². The highest BCUT2D eigenvalue weighted by atomic mass is 19.1. The first-order valence-electron chi connectivity index (χ1n) is 8.74. The lowest BCUT2D eigenvalue weighted by Gasteiger charge is -2.38.